The third-order valence-corrected chi connectivity index (χ3v) is 3.50. The van der Waals surface area contributed by atoms with Crippen LogP contribution < -0.4 is 15.6 Å². The number of aryl methyl sites for hydroxylation is 1. The highest BCUT2D eigenvalue weighted by Crippen LogP contribution is 2.17. The molecule has 116 valence electrons. The Morgan fingerprint density at radius 1 is 1.43 bits per heavy atom. The van der Waals surface area contributed by atoms with Gasteiger partial charge in [0.15, 0.2) is 0 Å². The van der Waals surface area contributed by atoms with Crippen molar-refractivity contribution in [2.24, 2.45) is 7.05 Å². The number of nitrogens with zero attached hydrogens (tertiary/aromatic N) is 2. The molecule has 1 fully saturated rings. The number of rotatable bonds is 5. The fourth-order valence-corrected chi connectivity index (χ4v) is 2.05. The number of aromatic nitrogens is 1. The van der Waals surface area contributed by atoms with Crippen molar-refractivity contribution in [3.63, 3.8) is 0 Å². The van der Waals surface area contributed by atoms with Crippen LogP contribution in [0.3, 0.4) is 0 Å². The van der Waals surface area contributed by atoms with Crippen LogP contribution in [0.15, 0.2) is 16.9 Å². The second kappa shape index (κ2) is 6.62. The predicted octanol–water partition coefficient (Wildman–Crippen LogP) is 0.113. The minimum atomic E-state index is -0.118. The zero-order chi connectivity index (χ0) is 15.4. The number of methoxy groups -OCH3 is 1. The van der Waals surface area contributed by atoms with Crippen LogP contribution in [0.4, 0.5) is 4.79 Å². The van der Waals surface area contributed by atoms with Crippen LogP contribution >= 0.6 is 0 Å². The van der Waals surface area contributed by atoms with Gasteiger partial charge in [-0.25, -0.2) is 4.79 Å². The first kappa shape index (κ1) is 15.4. The Balaban J connectivity index is 1.80. The lowest BCUT2D eigenvalue weighted by Crippen LogP contribution is -2.59. The molecule has 2 heterocycles. The van der Waals surface area contributed by atoms with Gasteiger partial charge in [0.2, 0.25) is 0 Å². The van der Waals surface area contributed by atoms with E-state index in [2.05, 4.69) is 5.32 Å². The molecule has 0 atom stereocenters. The summed E-state index contributed by atoms with van der Waals surface area (Å²) in [5.74, 6) is 0.556. The van der Waals surface area contributed by atoms with Crippen molar-refractivity contribution in [3.8, 4) is 5.75 Å². The van der Waals surface area contributed by atoms with Gasteiger partial charge in [-0.15, -0.1) is 0 Å². The summed E-state index contributed by atoms with van der Waals surface area (Å²) in [7, 11) is 3.31. The highest BCUT2D eigenvalue weighted by molar-refractivity contribution is 5.75. The lowest BCUT2D eigenvalue weighted by atomic mass is 10.2. The molecule has 0 saturated carbocycles. The van der Waals surface area contributed by atoms with E-state index < -0.39 is 0 Å². The zero-order valence-corrected chi connectivity index (χ0v) is 12.6. The number of carbonyl (C=O) groups is 1. The van der Waals surface area contributed by atoms with Gasteiger partial charge in [-0.2, -0.15) is 0 Å². The highest BCUT2D eigenvalue weighted by atomic mass is 16.5. The van der Waals surface area contributed by atoms with E-state index in [1.165, 1.54) is 6.07 Å². The number of nitrogens with one attached hydrogen (secondary N) is 1. The molecule has 0 bridgehead atoms. The summed E-state index contributed by atoms with van der Waals surface area (Å²) in [5.41, 5.74) is 0.740. The Bertz CT molecular complexity index is 564. The highest BCUT2D eigenvalue weighted by Gasteiger charge is 2.32. The molecule has 0 aromatic carbocycles. The third kappa shape index (κ3) is 3.75. The number of likely N-dealkylation sites (tertiary alicyclic amines) is 1. The molecule has 2 rings (SSSR count). The van der Waals surface area contributed by atoms with E-state index in [1.54, 1.807) is 23.6 Å². The summed E-state index contributed by atoms with van der Waals surface area (Å²) in [6.45, 7) is 3.88. The zero-order valence-electron chi connectivity index (χ0n) is 12.6. The molecule has 2 amide bonds. The smallest absolute Gasteiger partial charge is 0.317 e. The van der Waals surface area contributed by atoms with Gasteiger partial charge in [-0.05, 0) is 13.0 Å². The Morgan fingerprint density at radius 2 is 2.14 bits per heavy atom. The first-order valence-electron chi connectivity index (χ1n) is 6.87. The van der Waals surface area contributed by atoms with Crippen LogP contribution in [0.1, 0.15) is 5.69 Å². The van der Waals surface area contributed by atoms with Crippen molar-refractivity contribution >= 4 is 6.03 Å². The van der Waals surface area contributed by atoms with Crippen molar-refractivity contribution in [3.05, 3.63) is 28.2 Å². The van der Waals surface area contributed by atoms with Gasteiger partial charge in [-0.3, -0.25) is 4.79 Å². The maximum absolute atomic E-state index is 11.7. The molecule has 1 aromatic heterocycles. The number of pyridine rings is 1. The predicted molar refractivity (Wildman–Crippen MR) is 77.7 cm³/mol. The lowest BCUT2D eigenvalue weighted by Gasteiger charge is -2.38. The molecule has 1 aromatic rings. The van der Waals surface area contributed by atoms with E-state index in [0.717, 1.165) is 5.69 Å². The van der Waals surface area contributed by atoms with Crippen molar-refractivity contribution < 1.29 is 14.3 Å². The summed E-state index contributed by atoms with van der Waals surface area (Å²) in [6.07, 6.45) is -0.0651. The molecule has 0 unspecified atom stereocenters. The Hall–Kier alpha value is -2.02. The molecule has 1 aliphatic heterocycles. The minimum Gasteiger partial charge on any atom is -0.486 e. The van der Waals surface area contributed by atoms with Crippen LogP contribution in [0.2, 0.25) is 0 Å². The van der Waals surface area contributed by atoms with Gasteiger partial charge >= 0.3 is 6.03 Å². The summed E-state index contributed by atoms with van der Waals surface area (Å²) < 4.78 is 12.1. The van der Waals surface area contributed by atoms with Crippen LogP contribution in [0.25, 0.3) is 0 Å². The van der Waals surface area contributed by atoms with E-state index in [-0.39, 0.29) is 17.7 Å². The average Bonchev–Trinajstić information content (AvgIpc) is 2.39. The Kier molecular flexibility index (Phi) is 4.85. The second-order valence-electron chi connectivity index (χ2n) is 5.10. The number of ether oxygens (including phenoxy) is 2. The summed E-state index contributed by atoms with van der Waals surface area (Å²) in [4.78, 5) is 25.0. The van der Waals surface area contributed by atoms with Crippen molar-refractivity contribution in [2.75, 3.05) is 33.4 Å². The molecule has 0 aliphatic carbocycles. The molecular formula is C14H21N3O4. The molecule has 0 radical (unpaired) electrons. The van der Waals surface area contributed by atoms with E-state index >= 15 is 0 Å². The first-order chi connectivity index (χ1) is 10.0. The first-order valence-corrected chi connectivity index (χ1v) is 6.87. The van der Waals surface area contributed by atoms with E-state index in [1.807, 2.05) is 13.0 Å². The molecule has 21 heavy (non-hydrogen) atoms. The number of hydrogen-bond donors (Lipinski definition) is 1. The van der Waals surface area contributed by atoms with Crippen LogP contribution in [0.5, 0.6) is 5.75 Å². The quantitative estimate of drug-likeness (QED) is 0.783. The molecule has 1 saturated heterocycles. The number of carbonyl (C=O) groups excluding carboxylic acids is 1. The Labute approximate surface area is 123 Å². The standard InChI is InChI=1S/C14H21N3O4/c1-10-6-11(7-13(18)16(10)2)21-12-8-17(9-12)14(19)15-4-5-20-3/h6-7,12H,4-5,8-9H2,1-3H3,(H,15,19). The summed E-state index contributed by atoms with van der Waals surface area (Å²) in [5, 5.41) is 2.75. The SMILES string of the molecule is COCCNC(=O)N1CC(Oc2cc(C)n(C)c(=O)c2)C1. The Morgan fingerprint density at radius 3 is 2.76 bits per heavy atom. The van der Waals surface area contributed by atoms with E-state index in [9.17, 15) is 9.59 Å². The maximum Gasteiger partial charge on any atom is 0.317 e. The normalized spacial score (nSPS) is 14.7. The largest absolute Gasteiger partial charge is 0.486 e. The van der Waals surface area contributed by atoms with Crippen LogP contribution in [-0.2, 0) is 11.8 Å². The number of amides is 2. The number of urea groups is 1. The lowest BCUT2D eigenvalue weighted by molar-refractivity contribution is 0.0436. The minimum absolute atomic E-state index is 0.0651. The molecular weight excluding hydrogens is 274 g/mol. The van der Waals surface area contributed by atoms with Gasteiger partial charge in [0, 0.05) is 32.5 Å². The van der Waals surface area contributed by atoms with Gasteiger partial charge in [0.05, 0.1) is 19.7 Å². The van der Waals surface area contributed by atoms with Crippen LogP contribution in [0, 0.1) is 6.92 Å². The van der Waals surface area contributed by atoms with Gasteiger partial charge < -0.3 is 24.3 Å². The summed E-state index contributed by atoms with van der Waals surface area (Å²) in [6, 6.07) is 3.17. The molecule has 0 spiro atoms. The van der Waals surface area contributed by atoms with Gasteiger partial charge in [0.25, 0.3) is 5.56 Å². The van der Waals surface area contributed by atoms with Crippen molar-refractivity contribution in [1.29, 1.82) is 0 Å². The maximum atomic E-state index is 11.7. The van der Waals surface area contributed by atoms with Gasteiger partial charge in [0.1, 0.15) is 11.9 Å². The third-order valence-electron chi connectivity index (χ3n) is 3.50. The topological polar surface area (TPSA) is 72.8 Å². The van der Waals surface area contributed by atoms with Gasteiger partial charge in [-0.1, -0.05) is 0 Å². The second-order valence-corrected chi connectivity index (χ2v) is 5.10. The fraction of sp³-hybridized carbons (Fsp3) is 0.571. The van der Waals surface area contributed by atoms with E-state index in [0.29, 0.717) is 32.0 Å². The molecule has 7 nitrogen and oxygen atoms in total. The van der Waals surface area contributed by atoms with Crippen LogP contribution in [-0.4, -0.2) is 55.0 Å². The average molecular weight is 295 g/mol. The van der Waals surface area contributed by atoms with Crippen molar-refractivity contribution in [2.45, 2.75) is 13.0 Å². The molecule has 1 N–H and O–H groups in total. The van der Waals surface area contributed by atoms with E-state index in [4.69, 9.17) is 9.47 Å². The fourth-order valence-electron chi connectivity index (χ4n) is 2.05. The number of hydrogen-bond acceptors (Lipinski definition) is 4. The summed E-state index contributed by atoms with van der Waals surface area (Å²) >= 11 is 0. The monoisotopic (exact) mass is 295 g/mol. The van der Waals surface area contributed by atoms with Crippen molar-refractivity contribution in [1.82, 2.24) is 14.8 Å². The molecule has 1 aliphatic rings. The molecule has 7 heteroatoms.